The Labute approximate surface area is 112 Å². The minimum atomic E-state index is 0.405. The third-order valence-corrected chi connectivity index (χ3v) is 2.40. The first-order valence-corrected chi connectivity index (χ1v) is 6.23. The molecule has 5 heteroatoms. The summed E-state index contributed by atoms with van der Waals surface area (Å²) in [4.78, 5) is 8.26. The molecule has 0 radical (unpaired) electrons. The van der Waals surface area contributed by atoms with E-state index >= 15 is 0 Å². The van der Waals surface area contributed by atoms with Crippen LogP contribution in [0.4, 0.5) is 0 Å². The van der Waals surface area contributed by atoms with Gasteiger partial charge in [0.15, 0.2) is 0 Å². The minimum Gasteiger partial charge on any atom is -0.477 e. The second kappa shape index (κ2) is 6.70. The Morgan fingerprint density at radius 1 is 1.21 bits per heavy atom. The predicted molar refractivity (Wildman–Crippen MR) is 72.2 cm³/mol. The van der Waals surface area contributed by atoms with Crippen LogP contribution in [0, 0.1) is 0 Å². The molecule has 1 aromatic heterocycles. The lowest BCUT2D eigenvalue weighted by Gasteiger charge is -2.07. The van der Waals surface area contributed by atoms with Gasteiger partial charge in [0.2, 0.25) is 11.8 Å². The smallest absolute Gasteiger partial charge is 0.241 e. The summed E-state index contributed by atoms with van der Waals surface area (Å²) in [6.07, 6.45) is 4.04. The summed E-state index contributed by atoms with van der Waals surface area (Å²) in [5.41, 5.74) is 6.59. The van der Waals surface area contributed by atoms with E-state index in [0.717, 1.165) is 12.0 Å². The second-order valence-electron chi connectivity index (χ2n) is 4.00. The number of ether oxygens (including phenoxy) is 2. The molecule has 1 heterocycles. The van der Waals surface area contributed by atoms with Crippen LogP contribution in [0.25, 0.3) is 0 Å². The molecule has 2 aromatic rings. The van der Waals surface area contributed by atoms with E-state index in [2.05, 4.69) is 9.97 Å². The first kappa shape index (κ1) is 13.3. The summed E-state index contributed by atoms with van der Waals surface area (Å²) < 4.78 is 11.0. The fraction of sp³-hybridized carbons (Fsp3) is 0.286. The molecule has 5 nitrogen and oxygen atoms in total. The molecular formula is C14H17N3O2. The zero-order valence-corrected chi connectivity index (χ0v) is 10.9. The number of nitrogens with zero attached hydrogens (tertiary/aromatic N) is 2. The van der Waals surface area contributed by atoms with Crippen molar-refractivity contribution < 1.29 is 9.47 Å². The average molecular weight is 259 g/mol. The summed E-state index contributed by atoms with van der Waals surface area (Å²) in [5.74, 6) is 1.56. The average Bonchev–Trinajstić information content (AvgIpc) is 2.46. The maximum Gasteiger partial charge on any atom is 0.241 e. The van der Waals surface area contributed by atoms with Crippen LogP contribution in [0.3, 0.4) is 0 Å². The number of hydrogen-bond donors (Lipinski definition) is 1. The second-order valence-corrected chi connectivity index (χ2v) is 4.00. The topological polar surface area (TPSA) is 70.3 Å². The lowest BCUT2D eigenvalue weighted by molar-refractivity contribution is 0.299. The van der Waals surface area contributed by atoms with Gasteiger partial charge in [-0.2, -0.15) is 4.98 Å². The van der Waals surface area contributed by atoms with E-state index in [1.807, 2.05) is 31.2 Å². The highest BCUT2D eigenvalue weighted by Crippen LogP contribution is 2.21. The van der Waals surface area contributed by atoms with Crippen LogP contribution in [0.15, 0.2) is 36.7 Å². The van der Waals surface area contributed by atoms with Gasteiger partial charge >= 0.3 is 0 Å². The maximum absolute atomic E-state index is 5.63. The van der Waals surface area contributed by atoms with Gasteiger partial charge < -0.3 is 15.2 Å². The molecule has 0 aliphatic rings. The van der Waals surface area contributed by atoms with Crippen molar-refractivity contribution in [1.29, 1.82) is 0 Å². The largest absolute Gasteiger partial charge is 0.477 e. The Morgan fingerprint density at radius 3 is 2.84 bits per heavy atom. The fourth-order valence-corrected chi connectivity index (χ4v) is 1.51. The fourth-order valence-electron chi connectivity index (χ4n) is 1.51. The molecule has 0 aliphatic heterocycles. The van der Waals surface area contributed by atoms with Gasteiger partial charge in [0.05, 0.1) is 19.0 Å². The van der Waals surface area contributed by atoms with Gasteiger partial charge in [0, 0.05) is 6.54 Å². The Bertz CT molecular complexity index is 532. The van der Waals surface area contributed by atoms with Crippen molar-refractivity contribution in [2.75, 3.05) is 6.61 Å². The number of benzene rings is 1. The highest BCUT2D eigenvalue weighted by Gasteiger charge is 2.03. The van der Waals surface area contributed by atoms with E-state index in [0.29, 0.717) is 30.7 Å². The Hall–Kier alpha value is -2.14. The van der Waals surface area contributed by atoms with Crippen molar-refractivity contribution in [3.63, 3.8) is 0 Å². The predicted octanol–water partition coefficient (Wildman–Crippen LogP) is 2.52. The van der Waals surface area contributed by atoms with Gasteiger partial charge in [-0.15, -0.1) is 0 Å². The molecule has 0 aliphatic carbocycles. The lowest BCUT2D eigenvalue weighted by atomic mass is 10.2. The monoisotopic (exact) mass is 259 g/mol. The van der Waals surface area contributed by atoms with Crippen LogP contribution in [0.5, 0.6) is 17.5 Å². The van der Waals surface area contributed by atoms with Gasteiger partial charge in [-0.1, -0.05) is 19.1 Å². The molecule has 0 atom stereocenters. The molecule has 19 heavy (non-hydrogen) atoms. The molecule has 0 saturated carbocycles. The number of aromatic nitrogens is 2. The van der Waals surface area contributed by atoms with Gasteiger partial charge in [0.25, 0.3) is 0 Å². The minimum absolute atomic E-state index is 0.405. The third kappa shape index (κ3) is 3.93. The number of nitrogens with two attached hydrogens (primary N) is 1. The maximum atomic E-state index is 5.63. The first-order valence-electron chi connectivity index (χ1n) is 6.23. The first-order chi connectivity index (χ1) is 9.31. The van der Waals surface area contributed by atoms with Crippen molar-refractivity contribution in [2.24, 2.45) is 5.73 Å². The number of hydrogen-bond acceptors (Lipinski definition) is 5. The van der Waals surface area contributed by atoms with Gasteiger partial charge in [-0.3, -0.25) is 4.98 Å². The highest BCUT2D eigenvalue weighted by molar-refractivity contribution is 5.31. The molecule has 2 N–H and O–H groups in total. The summed E-state index contributed by atoms with van der Waals surface area (Å²) >= 11 is 0. The van der Waals surface area contributed by atoms with Crippen molar-refractivity contribution in [3.05, 3.63) is 42.2 Å². The summed E-state index contributed by atoms with van der Waals surface area (Å²) in [5, 5.41) is 0. The molecule has 0 spiro atoms. The molecule has 0 amide bonds. The van der Waals surface area contributed by atoms with Crippen molar-refractivity contribution in [1.82, 2.24) is 9.97 Å². The van der Waals surface area contributed by atoms with E-state index in [4.69, 9.17) is 15.2 Å². The van der Waals surface area contributed by atoms with E-state index in [-0.39, 0.29) is 0 Å². The van der Waals surface area contributed by atoms with E-state index in [9.17, 15) is 0 Å². The molecule has 2 rings (SSSR count). The van der Waals surface area contributed by atoms with Crippen LogP contribution < -0.4 is 15.2 Å². The van der Waals surface area contributed by atoms with Crippen LogP contribution >= 0.6 is 0 Å². The Kier molecular flexibility index (Phi) is 4.69. The van der Waals surface area contributed by atoms with Crippen LogP contribution in [-0.4, -0.2) is 16.6 Å². The van der Waals surface area contributed by atoms with Crippen LogP contribution in [0.2, 0.25) is 0 Å². The van der Waals surface area contributed by atoms with E-state index in [1.54, 1.807) is 12.4 Å². The molecule has 100 valence electrons. The molecular weight excluding hydrogens is 242 g/mol. The van der Waals surface area contributed by atoms with Crippen molar-refractivity contribution in [2.45, 2.75) is 19.9 Å². The highest BCUT2D eigenvalue weighted by atomic mass is 16.5. The zero-order valence-electron chi connectivity index (χ0n) is 10.9. The van der Waals surface area contributed by atoms with Crippen LogP contribution in [-0.2, 0) is 6.54 Å². The standard InChI is InChI=1S/C14H17N3O2/c1-2-6-18-13-9-16-10-14(17-13)19-12-5-3-4-11(7-12)8-15/h3-5,7,9-10H,2,6,8,15H2,1H3. The van der Waals surface area contributed by atoms with Crippen molar-refractivity contribution in [3.8, 4) is 17.5 Å². The lowest BCUT2D eigenvalue weighted by Crippen LogP contribution is -1.99. The van der Waals surface area contributed by atoms with Gasteiger partial charge in [0.1, 0.15) is 5.75 Å². The molecule has 0 unspecified atom stereocenters. The van der Waals surface area contributed by atoms with E-state index < -0.39 is 0 Å². The third-order valence-electron chi connectivity index (χ3n) is 2.40. The molecule has 0 fully saturated rings. The normalized spacial score (nSPS) is 10.2. The summed E-state index contributed by atoms with van der Waals surface area (Å²) in [6, 6.07) is 7.56. The van der Waals surface area contributed by atoms with Gasteiger partial charge in [-0.25, -0.2) is 0 Å². The quantitative estimate of drug-likeness (QED) is 0.863. The Balaban J connectivity index is 2.09. The SMILES string of the molecule is CCCOc1cncc(Oc2cccc(CN)c2)n1. The zero-order chi connectivity index (χ0) is 13.5. The number of rotatable bonds is 6. The molecule has 0 bridgehead atoms. The van der Waals surface area contributed by atoms with Gasteiger partial charge in [-0.05, 0) is 24.1 Å². The molecule has 0 saturated heterocycles. The summed E-state index contributed by atoms with van der Waals surface area (Å²) in [7, 11) is 0. The van der Waals surface area contributed by atoms with Crippen LogP contribution in [0.1, 0.15) is 18.9 Å². The summed E-state index contributed by atoms with van der Waals surface area (Å²) in [6.45, 7) is 3.12. The van der Waals surface area contributed by atoms with Crippen molar-refractivity contribution >= 4 is 0 Å². The Morgan fingerprint density at radius 2 is 2.05 bits per heavy atom. The van der Waals surface area contributed by atoms with E-state index in [1.165, 1.54) is 0 Å². The molecule has 1 aromatic carbocycles.